The number of halogens is 3. The zero-order valence-electron chi connectivity index (χ0n) is 18.1. The summed E-state index contributed by atoms with van der Waals surface area (Å²) in [7, 11) is 1.59. The average Bonchev–Trinajstić information content (AvgIpc) is 3.06. The summed E-state index contributed by atoms with van der Waals surface area (Å²) >= 11 is 21.2. The average molecular weight is 642 g/mol. The van der Waals surface area contributed by atoms with Crippen LogP contribution in [0.3, 0.4) is 0 Å². The Labute approximate surface area is 231 Å². The van der Waals surface area contributed by atoms with Crippen molar-refractivity contribution >= 4 is 91.8 Å². The molecule has 3 aromatic carbocycles. The molecule has 3 aromatic rings. The molecule has 1 heterocycles. The van der Waals surface area contributed by atoms with E-state index in [0.29, 0.717) is 43.1 Å². The van der Waals surface area contributed by atoms with E-state index >= 15 is 0 Å². The van der Waals surface area contributed by atoms with Gasteiger partial charge in [0.1, 0.15) is 6.61 Å². The highest BCUT2D eigenvalue weighted by Crippen LogP contribution is 2.41. The number of aryl methyl sites for hydroxylation is 1. The van der Waals surface area contributed by atoms with E-state index in [9.17, 15) is 4.79 Å². The maximum Gasteiger partial charge on any atom is 0.270 e. The number of carbonyl (C=O) groups is 1. The lowest BCUT2D eigenvalue weighted by molar-refractivity contribution is -0.113. The zero-order valence-corrected chi connectivity index (χ0v) is 23.4. The molecule has 0 aromatic heterocycles. The highest BCUT2D eigenvalue weighted by Gasteiger charge is 2.34. The number of ether oxygens (including phenoxy) is 2. The number of rotatable bonds is 6. The fourth-order valence-electron chi connectivity index (χ4n) is 3.29. The summed E-state index contributed by atoms with van der Waals surface area (Å²) in [5, 5.41) is 0.845. The Balaban J connectivity index is 1.59. The van der Waals surface area contributed by atoms with Crippen molar-refractivity contribution in [2.75, 3.05) is 12.0 Å². The molecule has 1 saturated heterocycles. The van der Waals surface area contributed by atoms with Crippen LogP contribution in [0.1, 0.15) is 16.7 Å². The van der Waals surface area contributed by atoms with Crippen LogP contribution in [0.4, 0.5) is 5.69 Å². The van der Waals surface area contributed by atoms with Gasteiger partial charge in [0.15, 0.2) is 15.8 Å². The zero-order chi connectivity index (χ0) is 24.4. The van der Waals surface area contributed by atoms with Gasteiger partial charge in [0, 0.05) is 5.02 Å². The molecule has 0 unspecified atom stereocenters. The number of thiocarbonyl (C=S) groups is 1. The van der Waals surface area contributed by atoms with Gasteiger partial charge in [-0.2, -0.15) is 0 Å². The minimum absolute atomic E-state index is 0.243. The van der Waals surface area contributed by atoms with Gasteiger partial charge in [0.25, 0.3) is 5.91 Å². The molecule has 4 nitrogen and oxygen atoms in total. The molecule has 9 heteroatoms. The van der Waals surface area contributed by atoms with Crippen molar-refractivity contribution in [2.45, 2.75) is 13.5 Å². The summed E-state index contributed by atoms with van der Waals surface area (Å²) in [5.41, 5.74) is 3.57. The normalized spacial score (nSPS) is 14.7. The monoisotopic (exact) mass is 641 g/mol. The third-order valence-corrected chi connectivity index (χ3v) is 7.64. The summed E-state index contributed by atoms with van der Waals surface area (Å²) in [5.74, 6) is 0.996. The standard InChI is InChI=1S/C25H18Cl2INO3S2/c1-14-3-5-15(6-4-14)13-32-23-19(28)9-16(10-21(23)31-2)11-22-24(30)29(25(33)34-22)20-8-7-17(26)12-18(20)27/h3-12H,13H2,1-2H3/b22-11+. The number of amides is 1. The van der Waals surface area contributed by atoms with E-state index in [4.69, 9.17) is 44.9 Å². The molecule has 1 aliphatic heterocycles. The van der Waals surface area contributed by atoms with Crippen LogP contribution in [0.25, 0.3) is 6.08 Å². The molecular weight excluding hydrogens is 624 g/mol. The molecule has 0 atom stereocenters. The first-order valence-corrected chi connectivity index (χ1v) is 13.1. The topological polar surface area (TPSA) is 38.8 Å². The first kappa shape index (κ1) is 25.3. The van der Waals surface area contributed by atoms with Crippen molar-refractivity contribution < 1.29 is 14.3 Å². The molecule has 0 aliphatic carbocycles. The maximum atomic E-state index is 13.1. The van der Waals surface area contributed by atoms with Crippen molar-refractivity contribution in [3.63, 3.8) is 0 Å². The van der Waals surface area contributed by atoms with Gasteiger partial charge in [-0.25, -0.2) is 0 Å². The van der Waals surface area contributed by atoms with Gasteiger partial charge in [-0.1, -0.05) is 77.0 Å². The molecule has 0 N–H and O–H groups in total. The number of methoxy groups -OCH3 is 1. The van der Waals surface area contributed by atoms with Gasteiger partial charge >= 0.3 is 0 Å². The first-order chi connectivity index (χ1) is 16.3. The van der Waals surface area contributed by atoms with Crippen molar-refractivity contribution in [1.29, 1.82) is 0 Å². The Morgan fingerprint density at radius 3 is 2.53 bits per heavy atom. The minimum atomic E-state index is -0.243. The predicted octanol–water partition coefficient (Wildman–Crippen LogP) is 7.90. The van der Waals surface area contributed by atoms with Gasteiger partial charge in [0.05, 0.1) is 26.3 Å². The lowest BCUT2D eigenvalue weighted by Gasteiger charge is -2.16. The van der Waals surface area contributed by atoms with Gasteiger partial charge in [-0.15, -0.1) is 0 Å². The van der Waals surface area contributed by atoms with Crippen LogP contribution in [0, 0.1) is 10.5 Å². The molecule has 0 spiro atoms. The molecular formula is C25H18Cl2INO3S2. The van der Waals surface area contributed by atoms with Crippen LogP contribution in [0.5, 0.6) is 11.5 Å². The highest BCUT2D eigenvalue weighted by atomic mass is 127. The van der Waals surface area contributed by atoms with Crippen LogP contribution < -0.4 is 14.4 Å². The number of thioether (sulfide) groups is 1. The number of nitrogens with zero attached hydrogens (tertiary/aromatic N) is 1. The summed E-state index contributed by atoms with van der Waals surface area (Å²) in [4.78, 5) is 15.1. The van der Waals surface area contributed by atoms with E-state index in [1.807, 2.05) is 31.2 Å². The van der Waals surface area contributed by atoms with Crippen LogP contribution in [-0.2, 0) is 11.4 Å². The Kier molecular flexibility index (Phi) is 8.09. The SMILES string of the molecule is COc1cc(/C=C2/SC(=S)N(c3ccc(Cl)cc3Cl)C2=O)cc(I)c1OCc1ccc(C)cc1. The third-order valence-electron chi connectivity index (χ3n) is 5.00. The molecule has 1 fully saturated rings. The highest BCUT2D eigenvalue weighted by molar-refractivity contribution is 14.1. The smallest absolute Gasteiger partial charge is 0.270 e. The van der Waals surface area contributed by atoms with E-state index in [0.717, 1.165) is 14.7 Å². The number of hydrogen-bond donors (Lipinski definition) is 0. The summed E-state index contributed by atoms with van der Waals surface area (Å²) in [6.07, 6.45) is 1.79. The van der Waals surface area contributed by atoms with E-state index < -0.39 is 0 Å². The molecule has 0 bridgehead atoms. The molecule has 1 aliphatic rings. The number of carbonyl (C=O) groups excluding carboxylic acids is 1. The van der Waals surface area contributed by atoms with E-state index in [1.165, 1.54) is 22.2 Å². The summed E-state index contributed by atoms with van der Waals surface area (Å²) < 4.78 is 12.9. The first-order valence-electron chi connectivity index (χ1n) is 10.1. The maximum absolute atomic E-state index is 13.1. The largest absolute Gasteiger partial charge is 0.493 e. The summed E-state index contributed by atoms with van der Waals surface area (Å²) in [6.45, 7) is 2.47. The van der Waals surface area contributed by atoms with E-state index in [-0.39, 0.29) is 5.91 Å². The van der Waals surface area contributed by atoms with Crippen molar-refractivity contribution in [3.8, 4) is 11.5 Å². The third kappa shape index (κ3) is 5.54. The predicted molar refractivity (Wildman–Crippen MR) is 153 cm³/mol. The fraction of sp³-hybridized carbons (Fsp3) is 0.120. The van der Waals surface area contributed by atoms with E-state index in [1.54, 1.807) is 31.4 Å². The number of hydrogen-bond acceptors (Lipinski definition) is 5. The second kappa shape index (κ2) is 10.9. The van der Waals surface area contributed by atoms with Gasteiger partial charge < -0.3 is 9.47 Å². The van der Waals surface area contributed by atoms with Crippen molar-refractivity contribution in [1.82, 2.24) is 0 Å². The van der Waals surface area contributed by atoms with Crippen LogP contribution in [0.2, 0.25) is 10.0 Å². The lowest BCUT2D eigenvalue weighted by Crippen LogP contribution is -2.27. The van der Waals surface area contributed by atoms with E-state index in [2.05, 4.69) is 34.7 Å². The molecule has 0 radical (unpaired) electrons. The Bertz CT molecular complexity index is 1310. The van der Waals surface area contributed by atoms with Crippen LogP contribution in [0.15, 0.2) is 59.5 Å². The quantitative estimate of drug-likeness (QED) is 0.155. The summed E-state index contributed by atoms with van der Waals surface area (Å²) in [6, 6.07) is 16.9. The lowest BCUT2D eigenvalue weighted by atomic mass is 10.1. The van der Waals surface area contributed by atoms with Gasteiger partial charge in [-0.05, 0) is 77.0 Å². The second-order valence-corrected chi connectivity index (χ2v) is 11.1. The van der Waals surface area contributed by atoms with Crippen molar-refractivity contribution in [3.05, 3.63) is 89.8 Å². The van der Waals surface area contributed by atoms with Crippen molar-refractivity contribution in [2.24, 2.45) is 0 Å². The molecule has 174 valence electrons. The fourth-order valence-corrected chi connectivity index (χ4v) is 5.85. The Morgan fingerprint density at radius 1 is 1.12 bits per heavy atom. The molecule has 0 saturated carbocycles. The molecule has 4 rings (SSSR count). The second-order valence-electron chi connectivity index (χ2n) is 7.42. The van der Waals surface area contributed by atoms with Gasteiger partial charge in [0.2, 0.25) is 0 Å². The minimum Gasteiger partial charge on any atom is -0.493 e. The Hall–Kier alpha value is -1.78. The van der Waals surface area contributed by atoms with Gasteiger partial charge in [-0.3, -0.25) is 9.69 Å². The Morgan fingerprint density at radius 2 is 1.85 bits per heavy atom. The molecule has 34 heavy (non-hydrogen) atoms. The van der Waals surface area contributed by atoms with Crippen LogP contribution in [-0.4, -0.2) is 17.3 Å². The number of anilines is 1. The molecule has 1 amide bonds. The van der Waals surface area contributed by atoms with Crippen LogP contribution >= 0.6 is 69.8 Å². The number of benzene rings is 3.